The molecule has 108 valence electrons. The number of aromatic nitrogens is 1. The summed E-state index contributed by atoms with van der Waals surface area (Å²) < 4.78 is 5.30. The number of nitrogens with zero attached hydrogens (tertiary/aromatic N) is 2. The quantitative estimate of drug-likeness (QED) is 0.789. The van der Waals surface area contributed by atoms with E-state index in [1.807, 2.05) is 12.1 Å². The van der Waals surface area contributed by atoms with Crippen LogP contribution in [0.3, 0.4) is 0 Å². The SMILES string of the molecule is CCCN(CCC)c1cc(C)nc2cc(OC)ccc12. The molecular formula is C17H24N2O. The maximum atomic E-state index is 5.30. The summed E-state index contributed by atoms with van der Waals surface area (Å²) >= 11 is 0. The molecule has 1 aromatic carbocycles. The zero-order valence-corrected chi connectivity index (χ0v) is 12.9. The van der Waals surface area contributed by atoms with Crippen molar-refractivity contribution in [2.24, 2.45) is 0 Å². The summed E-state index contributed by atoms with van der Waals surface area (Å²) in [7, 11) is 1.69. The topological polar surface area (TPSA) is 25.4 Å². The van der Waals surface area contributed by atoms with Crippen LogP contribution in [0.1, 0.15) is 32.4 Å². The molecule has 2 aromatic rings. The highest BCUT2D eigenvalue weighted by Crippen LogP contribution is 2.29. The average Bonchev–Trinajstić information content (AvgIpc) is 2.45. The minimum atomic E-state index is 0.860. The molecule has 0 aliphatic heterocycles. The summed E-state index contributed by atoms with van der Waals surface area (Å²) in [6.45, 7) is 8.67. The third-order valence-corrected chi connectivity index (χ3v) is 3.45. The van der Waals surface area contributed by atoms with Crippen molar-refractivity contribution < 1.29 is 4.74 Å². The number of anilines is 1. The van der Waals surface area contributed by atoms with Crippen LogP contribution in [0.15, 0.2) is 24.3 Å². The van der Waals surface area contributed by atoms with Gasteiger partial charge in [0.2, 0.25) is 0 Å². The Labute approximate surface area is 121 Å². The first-order chi connectivity index (χ1) is 9.69. The van der Waals surface area contributed by atoms with Crippen LogP contribution in [0.4, 0.5) is 5.69 Å². The molecular weight excluding hydrogens is 248 g/mol. The van der Waals surface area contributed by atoms with Gasteiger partial charge in [0.05, 0.1) is 12.6 Å². The predicted molar refractivity (Wildman–Crippen MR) is 85.8 cm³/mol. The first kappa shape index (κ1) is 14.6. The number of hydrogen-bond donors (Lipinski definition) is 0. The molecule has 0 atom stereocenters. The minimum absolute atomic E-state index is 0.860. The predicted octanol–water partition coefficient (Wildman–Crippen LogP) is 4.18. The van der Waals surface area contributed by atoms with Gasteiger partial charge in [-0.2, -0.15) is 0 Å². The largest absolute Gasteiger partial charge is 0.497 e. The van der Waals surface area contributed by atoms with Gasteiger partial charge in [0.15, 0.2) is 0 Å². The van der Waals surface area contributed by atoms with E-state index in [1.165, 1.54) is 11.1 Å². The van der Waals surface area contributed by atoms with E-state index in [0.717, 1.165) is 42.9 Å². The highest BCUT2D eigenvalue weighted by Gasteiger charge is 2.11. The number of rotatable bonds is 6. The Balaban J connectivity index is 2.55. The summed E-state index contributed by atoms with van der Waals surface area (Å²) in [4.78, 5) is 7.10. The Morgan fingerprint density at radius 3 is 2.40 bits per heavy atom. The van der Waals surface area contributed by atoms with E-state index in [9.17, 15) is 0 Å². The summed E-state index contributed by atoms with van der Waals surface area (Å²) in [6, 6.07) is 8.34. The first-order valence-corrected chi connectivity index (χ1v) is 7.40. The van der Waals surface area contributed by atoms with E-state index in [1.54, 1.807) is 7.11 Å². The molecule has 3 nitrogen and oxygen atoms in total. The van der Waals surface area contributed by atoms with Crippen LogP contribution < -0.4 is 9.64 Å². The Morgan fingerprint density at radius 1 is 1.10 bits per heavy atom. The fraction of sp³-hybridized carbons (Fsp3) is 0.471. The number of aryl methyl sites for hydroxylation is 1. The number of benzene rings is 1. The van der Waals surface area contributed by atoms with Gasteiger partial charge in [-0.05, 0) is 38.0 Å². The number of pyridine rings is 1. The van der Waals surface area contributed by atoms with Gasteiger partial charge in [-0.25, -0.2) is 0 Å². The zero-order valence-electron chi connectivity index (χ0n) is 12.9. The fourth-order valence-corrected chi connectivity index (χ4v) is 2.60. The number of methoxy groups -OCH3 is 1. The highest BCUT2D eigenvalue weighted by atomic mass is 16.5. The molecule has 0 bridgehead atoms. The standard InChI is InChI=1S/C17H24N2O/c1-5-9-19(10-6-2)17-11-13(3)18-16-12-14(20-4)7-8-15(16)17/h7-8,11-12H,5-6,9-10H2,1-4H3. The molecule has 1 heterocycles. The second-order valence-corrected chi connectivity index (χ2v) is 5.15. The van der Waals surface area contributed by atoms with E-state index in [-0.39, 0.29) is 0 Å². The van der Waals surface area contributed by atoms with Gasteiger partial charge in [-0.3, -0.25) is 4.98 Å². The van der Waals surface area contributed by atoms with E-state index in [4.69, 9.17) is 4.74 Å². The van der Waals surface area contributed by atoms with Crippen LogP contribution >= 0.6 is 0 Å². The molecule has 20 heavy (non-hydrogen) atoms. The van der Waals surface area contributed by atoms with E-state index in [2.05, 4.69) is 42.8 Å². The normalized spacial score (nSPS) is 10.8. The molecule has 0 N–H and O–H groups in total. The lowest BCUT2D eigenvalue weighted by molar-refractivity contribution is 0.415. The number of fused-ring (bicyclic) bond motifs is 1. The molecule has 0 fully saturated rings. The second kappa shape index (κ2) is 6.60. The van der Waals surface area contributed by atoms with Crippen molar-refractivity contribution in [1.82, 2.24) is 4.98 Å². The molecule has 0 saturated heterocycles. The van der Waals surface area contributed by atoms with Crippen LogP contribution in [0.2, 0.25) is 0 Å². The molecule has 3 heteroatoms. The van der Waals surface area contributed by atoms with Crippen LogP contribution in [0, 0.1) is 6.92 Å². The molecule has 0 radical (unpaired) electrons. The van der Waals surface area contributed by atoms with Gasteiger partial charge < -0.3 is 9.64 Å². The summed E-state index contributed by atoms with van der Waals surface area (Å²) in [5, 5.41) is 1.21. The van der Waals surface area contributed by atoms with Crippen molar-refractivity contribution in [3.05, 3.63) is 30.0 Å². The third-order valence-electron chi connectivity index (χ3n) is 3.45. The van der Waals surface area contributed by atoms with E-state index < -0.39 is 0 Å². The third kappa shape index (κ3) is 3.03. The van der Waals surface area contributed by atoms with Crippen LogP contribution in [0.5, 0.6) is 5.75 Å². The summed E-state index contributed by atoms with van der Waals surface area (Å²) in [5.74, 6) is 0.860. The maximum absolute atomic E-state index is 5.30. The summed E-state index contributed by atoms with van der Waals surface area (Å²) in [6.07, 6.45) is 2.30. The lowest BCUT2D eigenvalue weighted by Gasteiger charge is -2.25. The van der Waals surface area contributed by atoms with Crippen molar-refractivity contribution in [1.29, 1.82) is 0 Å². The van der Waals surface area contributed by atoms with Crippen molar-refractivity contribution in [3.8, 4) is 5.75 Å². The molecule has 0 saturated carbocycles. The van der Waals surface area contributed by atoms with Crippen molar-refractivity contribution in [3.63, 3.8) is 0 Å². The monoisotopic (exact) mass is 272 g/mol. The molecule has 0 spiro atoms. The lowest BCUT2D eigenvalue weighted by Crippen LogP contribution is -2.25. The lowest BCUT2D eigenvalue weighted by atomic mass is 10.1. The Hall–Kier alpha value is -1.77. The fourth-order valence-electron chi connectivity index (χ4n) is 2.60. The van der Waals surface area contributed by atoms with Crippen LogP contribution in [0.25, 0.3) is 10.9 Å². The summed E-state index contributed by atoms with van der Waals surface area (Å²) in [5.41, 5.74) is 3.35. The zero-order chi connectivity index (χ0) is 14.5. The minimum Gasteiger partial charge on any atom is -0.497 e. The van der Waals surface area contributed by atoms with E-state index >= 15 is 0 Å². The van der Waals surface area contributed by atoms with Crippen molar-refractivity contribution in [2.45, 2.75) is 33.6 Å². The van der Waals surface area contributed by atoms with Crippen molar-refractivity contribution >= 4 is 16.6 Å². The smallest absolute Gasteiger partial charge is 0.121 e. The second-order valence-electron chi connectivity index (χ2n) is 5.15. The highest BCUT2D eigenvalue weighted by molar-refractivity contribution is 5.92. The molecule has 0 amide bonds. The van der Waals surface area contributed by atoms with E-state index in [0.29, 0.717) is 0 Å². The Bertz CT molecular complexity index is 574. The molecule has 2 rings (SSSR count). The Morgan fingerprint density at radius 2 is 1.80 bits per heavy atom. The number of ether oxygens (including phenoxy) is 1. The maximum Gasteiger partial charge on any atom is 0.121 e. The average molecular weight is 272 g/mol. The first-order valence-electron chi connectivity index (χ1n) is 7.40. The van der Waals surface area contributed by atoms with Gasteiger partial charge >= 0.3 is 0 Å². The molecule has 1 aromatic heterocycles. The van der Waals surface area contributed by atoms with Crippen molar-refractivity contribution in [2.75, 3.05) is 25.1 Å². The Kier molecular flexibility index (Phi) is 4.83. The van der Waals surface area contributed by atoms with Crippen LogP contribution in [-0.2, 0) is 0 Å². The van der Waals surface area contributed by atoms with Gasteiger partial charge in [0.25, 0.3) is 0 Å². The molecule has 0 aliphatic rings. The van der Waals surface area contributed by atoms with Gasteiger partial charge in [-0.1, -0.05) is 13.8 Å². The molecule has 0 unspecified atom stereocenters. The number of hydrogen-bond acceptors (Lipinski definition) is 3. The van der Waals surface area contributed by atoms with Gasteiger partial charge in [-0.15, -0.1) is 0 Å². The van der Waals surface area contributed by atoms with Gasteiger partial charge in [0.1, 0.15) is 5.75 Å². The molecule has 0 aliphatic carbocycles. The van der Waals surface area contributed by atoms with Gasteiger partial charge in [0, 0.05) is 35.9 Å². The van der Waals surface area contributed by atoms with Crippen LogP contribution in [-0.4, -0.2) is 25.2 Å².